The molecule has 2 aromatic carbocycles. The van der Waals surface area contributed by atoms with Gasteiger partial charge in [-0.15, -0.1) is 0 Å². The van der Waals surface area contributed by atoms with Gasteiger partial charge in [0.15, 0.2) is 5.78 Å². The van der Waals surface area contributed by atoms with Crippen molar-refractivity contribution in [2.45, 2.75) is 42.9 Å². The molecule has 1 fully saturated rings. The number of thiol groups is 1. The molecule has 2 unspecified atom stereocenters. The Morgan fingerprint density at radius 2 is 1.88 bits per heavy atom. The average Bonchev–Trinajstić information content (AvgIpc) is 2.96. The van der Waals surface area contributed by atoms with Gasteiger partial charge in [-0.25, -0.2) is 8.42 Å². The number of nitrogens with zero attached hydrogens (tertiary/aromatic N) is 1. The zero-order valence-electron chi connectivity index (χ0n) is 14.4. The summed E-state index contributed by atoms with van der Waals surface area (Å²) in [5, 5.41) is 1.74. The van der Waals surface area contributed by atoms with Gasteiger partial charge in [-0.1, -0.05) is 44.2 Å². The third-order valence-corrected chi connectivity index (χ3v) is 6.79. The molecule has 0 aliphatic carbocycles. The Balaban J connectivity index is 1.97. The number of Topliss-reactive ketones (excluding diaryl/α,β-unsaturated/α-hetero) is 1. The van der Waals surface area contributed by atoms with Crippen molar-refractivity contribution in [3.8, 4) is 0 Å². The van der Waals surface area contributed by atoms with Gasteiger partial charge in [0, 0.05) is 18.2 Å². The van der Waals surface area contributed by atoms with Crippen LogP contribution in [0, 0.1) is 5.92 Å². The highest BCUT2D eigenvalue weighted by Gasteiger charge is 2.42. The first-order chi connectivity index (χ1) is 11.8. The van der Waals surface area contributed by atoms with E-state index in [9.17, 15) is 13.2 Å². The fourth-order valence-electron chi connectivity index (χ4n) is 3.34. The molecule has 25 heavy (non-hydrogen) atoms. The molecule has 0 spiro atoms. The first-order valence-corrected chi connectivity index (χ1v) is 10.5. The predicted octanol–water partition coefficient (Wildman–Crippen LogP) is 3.52. The van der Waals surface area contributed by atoms with Gasteiger partial charge in [0.25, 0.3) is 0 Å². The second kappa shape index (κ2) is 7.09. The summed E-state index contributed by atoms with van der Waals surface area (Å²) in [5.74, 6) is 0.188. The molecule has 0 saturated carbocycles. The van der Waals surface area contributed by atoms with Crippen LogP contribution in [0.15, 0.2) is 47.4 Å². The lowest BCUT2D eigenvalue weighted by molar-refractivity contribution is -0.122. The van der Waals surface area contributed by atoms with Crippen molar-refractivity contribution in [2.24, 2.45) is 5.92 Å². The molecule has 1 aliphatic rings. The van der Waals surface area contributed by atoms with Crippen molar-refractivity contribution in [3.05, 3.63) is 42.5 Å². The fourth-order valence-corrected chi connectivity index (χ4v) is 5.53. The highest BCUT2D eigenvalue weighted by molar-refractivity contribution is 7.89. The number of rotatable bonds is 5. The molecule has 0 amide bonds. The Labute approximate surface area is 154 Å². The quantitative estimate of drug-likeness (QED) is 0.811. The topological polar surface area (TPSA) is 54.5 Å². The van der Waals surface area contributed by atoms with Crippen molar-refractivity contribution in [1.82, 2.24) is 4.31 Å². The number of fused-ring (bicyclic) bond motifs is 1. The molecule has 0 N–H and O–H groups in total. The van der Waals surface area contributed by atoms with Crippen LogP contribution in [0.5, 0.6) is 0 Å². The highest BCUT2D eigenvalue weighted by atomic mass is 32.2. The third-order valence-electron chi connectivity index (χ3n) is 4.54. The van der Waals surface area contributed by atoms with Gasteiger partial charge < -0.3 is 0 Å². The number of ketones is 1. The second-order valence-corrected chi connectivity index (χ2v) is 9.67. The van der Waals surface area contributed by atoms with Crippen molar-refractivity contribution in [3.63, 3.8) is 0 Å². The summed E-state index contributed by atoms with van der Waals surface area (Å²) in [4.78, 5) is 12.8. The number of carbonyl (C=O) groups excluding carboxylic acids is 1. The van der Waals surface area contributed by atoms with Gasteiger partial charge in [0.2, 0.25) is 10.0 Å². The maximum atomic E-state index is 13.2. The van der Waals surface area contributed by atoms with Crippen LogP contribution < -0.4 is 0 Å². The van der Waals surface area contributed by atoms with E-state index >= 15 is 0 Å². The van der Waals surface area contributed by atoms with Crippen LogP contribution in [0.4, 0.5) is 0 Å². The molecule has 0 aromatic heterocycles. The van der Waals surface area contributed by atoms with Crippen LogP contribution >= 0.6 is 12.6 Å². The molecule has 1 heterocycles. The molecular formula is C19H23NO3S2. The monoisotopic (exact) mass is 377 g/mol. The maximum Gasteiger partial charge on any atom is 0.243 e. The summed E-state index contributed by atoms with van der Waals surface area (Å²) >= 11 is 4.44. The second-order valence-electron chi connectivity index (χ2n) is 7.05. The summed E-state index contributed by atoms with van der Waals surface area (Å²) in [6.07, 6.45) is 0.858. The molecule has 6 heteroatoms. The average molecular weight is 378 g/mol. The fraction of sp³-hybridized carbons (Fsp3) is 0.421. The largest absolute Gasteiger partial charge is 0.298 e. The van der Waals surface area contributed by atoms with Crippen LogP contribution in [0.2, 0.25) is 0 Å². The summed E-state index contributed by atoms with van der Waals surface area (Å²) in [7, 11) is -3.73. The van der Waals surface area contributed by atoms with E-state index in [1.54, 1.807) is 18.2 Å². The van der Waals surface area contributed by atoms with Gasteiger partial charge in [0.1, 0.15) is 0 Å². The molecule has 1 aliphatic heterocycles. The van der Waals surface area contributed by atoms with Crippen molar-refractivity contribution >= 4 is 39.2 Å². The Kier molecular flexibility index (Phi) is 5.23. The van der Waals surface area contributed by atoms with Crippen LogP contribution in [0.3, 0.4) is 0 Å². The molecule has 4 nitrogen and oxygen atoms in total. The smallest absolute Gasteiger partial charge is 0.243 e. The molecule has 0 bridgehead atoms. The van der Waals surface area contributed by atoms with E-state index in [1.165, 1.54) is 4.31 Å². The summed E-state index contributed by atoms with van der Waals surface area (Å²) < 4.78 is 27.7. The third kappa shape index (κ3) is 3.76. The van der Waals surface area contributed by atoms with E-state index < -0.39 is 16.1 Å². The Morgan fingerprint density at radius 3 is 2.56 bits per heavy atom. The lowest BCUT2D eigenvalue weighted by atomic mass is 10.0. The van der Waals surface area contributed by atoms with Crippen molar-refractivity contribution in [1.29, 1.82) is 0 Å². The zero-order valence-corrected chi connectivity index (χ0v) is 16.1. The van der Waals surface area contributed by atoms with E-state index in [2.05, 4.69) is 12.6 Å². The van der Waals surface area contributed by atoms with Gasteiger partial charge >= 0.3 is 0 Å². The van der Waals surface area contributed by atoms with E-state index in [0.29, 0.717) is 12.8 Å². The molecular weight excluding hydrogens is 354 g/mol. The molecule has 134 valence electrons. The number of carbonyl (C=O) groups is 1. The normalized spacial score (nSPS) is 21.9. The predicted molar refractivity (Wildman–Crippen MR) is 103 cm³/mol. The Hall–Kier alpha value is -1.37. The summed E-state index contributed by atoms with van der Waals surface area (Å²) in [5.41, 5.74) is 0. The van der Waals surface area contributed by atoms with E-state index in [0.717, 1.165) is 10.8 Å². The first kappa shape index (κ1) is 18.4. The molecule has 1 saturated heterocycles. The SMILES string of the molecule is CC(C)CC(=O)C1CC(S)CN1S(=O)(=O)c1ccc2ccccc2c1. The minimum Gasteiger partial charge on any atom is -0.298 e. The van der Waals surface area contributed by atoms with Gasteiger partial charge in [-0.3, -0.25) is 4.79 Å². The van der Waals surface area contributed by atoms with Crippen LogP contribution in [0.1, 0.15) is 26.7 Å². The Morgan fingerprint density at radius 1 is 1.20 bits per heavy atom. The minimum absolute atomic E-state index is 0.0177. The number of hydrogen-bond donors (Lipinski definition) is 1. The van der Waals surface area contributed by atoms with Gasteiger partial charge in [-0.2, -0.15) is 16.9 Å². The molecule has 3 rings (SSSR count). The molecule has 0 radical (unpaired) electrons. The highest BCUT2D eigenvalue weighted by Crippen LogP contribution is 2.31. The lowest BCUT2D eigenvalue weighted by Gasteiger charge is -2.23. The zero-order chi connectivity index (χ0) is 18.2. The minimum atomic E-state index is -3.73. The number of benzene rings is 2. The first-order valence-electron chi connectivity index (χ1n) is 8.50. The summed E-state index contributed by atoms with van der Waals surface area (Å²) in [6.45, 7) is 4.20. The maximum absolute atomic E-state index is 13.2. The van der Waals surface area contributed by atoms with Crippen LogP contribution in [-0.4, -0.2) is 36.3 Å². The van der Waals surface area contributed by atoms with Crippen LogP contribution in [0.25, 0.3) is 10.8 Å². The van der Waals surface area contributed by atoms with E-state index in [1.807, 2.05) is 38.1 Å². The van der Waals surface area contributed by atoms with E-state index in [4.69, 9.17) is 0 Å². The van der Waals surface area contributed by atoms with Gasteiger partial charge in [-0.05, 0) is 35.2 Å². The van der Waals surface area contributed by atoms with Gasteiger partial charge in [0.05, 0.1) is 10.9 Å². The standard InChI is InChI=1S/C19H23NO3S2/c1-13(2)9-19(21)18-11-16(24)12-20(18)25(22,23)17-8-7-14-5-3-4-6-15(14)10-17/h3-8,10,13,16,18,24H,9,11-12H2,1-2H3. The number of sulfonamides is 1. The molecule has 2 aromatic rings. The molecule has 2 atom stereocenters. The number of hydrogen-bond acceptors (Lipinski definition) is 4. The Bertz CT molecular complexity index is 892. The summed E-state index contributed by atoms with van der Waals surface area (Å²) in [6, 6.07) is 12.1. The lowest BCUT2D eigenvalue weighted by Crippen LogP contribution is -2.40. The van der Waals surface area contributed by atoms with Crippen molar-refractivity contribution < 1.29 is 13.2 Å². The van der Waals surface area contributed by atoms with Crippen LogP contribution in [-0.2, 0) is 14.8 Å². The van der Waals surface area contributed by atoms with Crippen molar-refractivity contribution in [2.75, 3.05) is 6.54 Å². The van der Waals surface area contributed by atoms with E-state index in [-0.39, 0.29) is 28.4 Å².